The molecular weight excluding hydrogens is 504 g/mol. The Morgan fingerprint density at radius 3 is 2.63 bits per heavy atom. The van der Waals surface area contributed by atoms with E-state index in [2.05, 4.69) is 15.5 Å². The summed E-state index contributed by atoms with van der Waals surface area (Å²) in [6.07, 6.45) is 2.98. The van der Waals surface area contributed by atoms with Gasteiger partial charge in [0.15, 0.2) is 16.6 Å². The second-order valence-electron chi connectivity index (χ2n) is 9.34. The molecule has 1 fully saturated rings. The van der Waals surface area contributed by atoms with E-state index in [4.69, 9.17) is 19.2 Å². The number of aromatic nitrogens is 1. The van der Waals surface area contributed by atoms with Crippen molar-refractivity contribution in [3.63, 3.8) is 0 Å². The Kier molecular flexibility index (Phi) is 8.21. The Morgan fingerprint density at radius 1 is 1.05 bits per heavy atom. The quantitative estimate of drug-likeness (QED) is 0.454. The van der Waals surface area contributed by atoms with E-state index in [9.17, 15) is 9.59 Å². The summed E-state index contributed by atoms with van der Waals surface area (Å²) in [7, 11) is 3.07. The highest BCUT2D eigenvalue weighted by atomic mass is 32.1. The van der Waals surface area contributed by atoms with E-state index in [1.807, 2.05) is 12.1 Å². The third-order valence-corrected chi connectivity index (χ3v) is 8.02. The Balaban J connectivity index is 1.18. The Bertz CT molecular complexity index is 1300. The van der Waals surface area contributed by atoms with Crippen LogP contribution in [0.25, 0.3) is 0 Å². The van der Waals surface area contributed by atoms with Gasteiger partial charge in [0.05, 0.1) is 33.1 Å². The maximum absolute atomic E-state index is 13.0. The fourth-order valence-electron chi connectivity index (χ4n) is 4.92. The van der Waals surface area contributed by atoms with E-state index in [0.29, 0.717) is 33.8 Å². The average molecular weight is 537 g/mol. The molecular formula is C28H32N4O5S. The molecule has 0 unspecified atom stereocenters. The highest BCUT2D eigenvalue weighted by Gasteiger charge is 2.28. The van der Waals surface area contributed by atoms with Gasteiger partial charge >= 0.3 is 0 Å². The van der Waals surface area contributed by atoms with Gasteiger partial charge in [-0.25, -0.2) is 4.98 Å². The molecule has 5 rings (SSSR count). The van der Waals surface area contributed by atoms with Crippen molar-refractivity contribution in [2.45, 2.75) is 31.8 Å². The number of carbonyl (C=O) groups excluding carboxylic acids is 2. The van der Waals surface area contributed by atoms with Crippen molar-refractivity contribution >= 4 is 28.3 Å². The highest BCUT2D eigenvalue weighted by molar-refractivity contribution is 7.15. The van der Waals surface area contributed by atoms with E-state index in [1.54, 1.807) is 48.8 Å². The number of anilines is 1. The molecule has 2 amide bonds. The van der Waals surface area contributed by atoms with Gasteiger partial charge in [-0.1, -0.05) is 12.1 Å². The smallest absolute Gasteiger partial charge is 0.257 e. The summed E-state index contributed by atoms with van der Waals surface area (Å²) >= 11 is 1.57. The standard InChI is InChI=1S/C28H32N4O5S/c1-35-23-9-6-20(15-24(23)36-2)26(33)29-17-18-4-3-5-19(14-18)27(34)31-28-30-22-8-7-21(16-25(22)38-28)32-10-12-37-13-11-32/h3-6,9,14-15,21H,7-8,10-13,16-17H2,1-2H3,(H,29,33)(H,30,31,34)/t21-/m0/s1. The van der Waals surface area contributed by atoms with Gasteiger partial charge in [-0.2, -0.15) is 0 Å². The number of aryl methyl sites for hydroxylation is 1. The number of hydrogen-bond acceptors (Lipinski definition) is 8. The second-order valence-corrected chi connectivity index (χ2v) is 10.4. The van der Waals surface area contributed by atoms with Crippen LogP contribution in [0, 0.1) is 0 Å². The zero-order valence-electron chi connectivity index (χ0n) is 21.6. The van der Waals surface area contributed by atoms with Gasteiger partial charge in [0, 0.05) is 41.7 Å². The van der Waals surface area contributed by atoms with Gasteiger partial charge in [-0.3, -0.25) is 19.8 Å². The maximum Gasteiger partial charge on any atom is 0.257 e. The zero-order chi connectivity index (χ0) is 26.5. The monoisotopic (exact) mass is 536 g/mol. The molecule has 3 aromatic rings. The summed E-state index contributed by atoms with van der Waals surface area (Å²) in [5.74, 6) is 0.582. The van der Waals surface area contributed by atoms with Gasteiger partial charge < -0.3 is 19.5 Å². The highest BCUT2D eigenvalue weighted by Crippen LogP contribution is 2.32. The number of thiazole rings is 1. The first-order valence-electron chi connectivity index (χ1n) is 12.7. The fourth-order valence-corrected chi connectivity index (χ4v) is 5.99. The number of benzene rings is 2. The number of carbonyl (C=O) groups is 2. The molecule has 1 aromatic heterocycles. The molecule has 0 spiro atoms. The van der Waals surface area contributed by atoms with Crippen molar-refractivity contribution in [2.75, 3.05) is 45.8 Å². The molecule has 0 radical (unpaired) electrons. The van der Waals surface area contributed by atoms with E-state index in [-0.39, 0.29) is 18.4 Å². The molecule has 2 aliphatic rings. The molecule has 1 saturated heterocycles. The summed E-state index contributed by atoms with van der Waals surface area (Å²) in [5.41, 5.74) is 2.89. The number of nitrogens with one attached hydrogen (secondary N) is 2. The van der Waals surface area contributed by atoms with Gasteiger partial charge in [0.25, 0.3) is 11.8 Å². The SMILES string of the molecule is COc1ccc(C(=O)NCc2cccc(C(=O)Nc3nc4c(s3)C[C@@H](N3CCOCC3)CC4)c2)cc1OC. The van der Waals surface area contributed by atoms with Gasteiger partial charge in [-0.05, 0) is 55.2 Å². The number of methoxy groups -OCH3 is 2. The molecule has 38 heavy (non-hydrogen) atoms. The first-order chi connectivity index (χ1) is 18.5. The Labute approximate surface area is 226 Å². The largest absolute Gasteiger partial charge is 0.493 e. The number of rotatable bonds is 8. The van der Waals surface area contributed by atoms with E-state index in [0.717, 1.165) is 56.8 Å². The zero-order valence-corrected chi connectivity index (χ0v) is 22.4. The number of nitrogens with zero attached hydrogens (tertiary/aromatic N) is 2. The third-order valence-electron chi connectivity index (χ3n) is 6.98. The van der Waals surface area contributed by atoms with Crippen LogP contribution in [0.1, 0.15) is 43.3 Å². The molecule has 9 nitrogen and oxygen atoms in total. The predicted octanol–water partition coefficient (Wildman–Crippen LogP) is 3.53. The van der Waals surface area contributed by atoms with Crippen LogP contribution in [0.2, 0.25) is 0 Å². The van der Waals surface area contributed by atoms with E-state index >= 15 is 0 Å². The lowest BCUT2D eigenvalue weighted by molar-refractivity contribution is 0.0139. The van der Waals surface area contributed by atoms with Crippen molar-refractivity contribution in [3.05, 3.63) is 69.7 Å². The minimum absolute atomic E-state index is 0.214. The number of hydrogen-bond donors (Lipinski definition) is 2. The second kappa shape index (κ2) is 11.9. The van der Waals surface area contributed by atoms with E-state index in [1.165, 1.54) is 12.0 Å². The topological polar surface area (TPSA) is 102 Å². The minimum Gasteiger partial charge on any atom is -0.493 e. The lowest BCUT2D eigenvalue weighted by atomic mass is 9.96. The summed E-state index contributed by atoms with van der Waals surface area (Å²) in [6, 6.07) is 12.8. The summed E-state index contributed by atoms with van der Waals surface area (Å²) < 4.78 is 16.0. The molecule has 1 aliphatic carbocycles. The van der Waals surface area contributed by atoms with Gasteiger partial charge in [-0.15, -0.1) is 11.3 Å². The lowest BCUT2D eigenvalue weighted by Crippen LogP contribution is -2.45. The molecule has 2 heterocycles. The summed E-state index contributed by atoms with van der Waals surface area (Å²) in [5, 5.41) is 6.50. The van der Waals surface area contributed by atoms with Crippen LogP contribution >= 0.6 is 11.3 Å². The van der Waals surface area contributed by atoms with Crippen LogP contribution in [0.3, 0.4) is 0 Å². The van der Waals surface area contributed by atoms with Crippen LogP contribution in [0.4, 0.5) is 5.13 Å². The molecule has 0 bridgehead atoms. The Morgan fingerprint density at radius 2 is 1.84 bits per heavy atom. The van der Waals surface area contributed by atoms with Crippen molar-refractivity contribution in [2.24, 2.45) is 0 Å². The maximum atomic E-state index is 13.0. The third kappa shape index (κ3) is 5.98. The van der Waals surface area contributed by atoms with Gasteiger partial charge in [0.2, 0.25) is 0 Å². The first kappa shape index (κ1) is 26.1. The molecule has 200 valence electrons. The molecule has 0 saturated carbocycles. The lowest BCUT2D eigenvalue weighted by Gasteiger charge is -2.36. The molecule has 10 heteroatoms. The average Bonchev–Trinajstić information content (AvgIpc) is 3.37. The van der Waals surface area contributed by atoms with Crippen LogP contribution in [-0.2, 0) is 24.1 Å². The number of ether oxygens (including phenoxy) is 3. The van der Waals surface area contributed by atoms with Gasteiger partial charge in [0.1, 0.15) is 0 Å². The van der Waals surface area contributed by atoms with Crippen molar-refractivity contribution in [3.8, 4) is 11.5 Å². The fraction of sp³-hybridized carbons (Fsp3) is 0.393. The number of fused-ring (bicyclic) bond motifs is 1. The van der Waals surface area contributed by atoms with Crippen LogP contribution in [0.15, 0.2) is 42.5 Å². The van der Waals surface area contributed by atoms with Crippen molar-refractivity contribution in [1.82, 2.24) is 15.2 Å². The Hall–Kier alpha value is -3.47. The van der Waals surface area contributed by atoms with Crippen molar-refractivity contribution < 1.29 is 23.8 Å². The molecule has 2 aromatic carbocycles. The van der Waals surface area contributed by atoms with Crippen LogP contribution in [-0.4, -0.2) is 68.3 Å². The first-order valence-corrected chi connectivity index (χ1v) is 13.6. The normalized spacial score (nSPS) is 17.4. The summed E-state index contributed by atoms with van der Waals surface area (Å²) in [4.78, 5) is 34.1. The number of morpholine rings is 1. The van der Waals surface area contributed by atoms with E-state index < -0.39 is 0 Å². The van der Waals surface area contributed by atoms with Crippen molar-refractivity contribution in [1.29, 1.82) is 0 Å². The number of amides is 2. The molecule has 1 atom stereocenters. The van der Waals surface area contributed by atoms with Crippen LogP contribution in [0.5, 0.6) is 11.5 Å². The van der Waals surface area contributed by atoms with Crippen LogP contribution < -0.4 is 20.1 Å². The minimum atomic E-state index is -0.246. The molecule has 2 N–H and O–H groups in total. The summed E-state index contributed by atoms with van der Waals surface area (Å²) in [6.45, 7) is 3.84. The molecule has 1 aliphatic heterocycles. The predicted molar refractivity (Wildman–Crippen MR) is 145 cm³/mol.